The SMILES string of the molecule is CN1Cc2c(c(O)c3ncc(Cc4ccc(F)cc4)cc3c2C/C(N)=N/O)C1=O. The zero-order chi connectivity index (χ0) is 20.7. The van der Waals surface area contributed by atoms with Crippen molar-refractivity contribution in [2.75, 3.05) is 7.05 Å². The van der Waals surface area contributed by atoms with Crippen molar-refractivity contribution < 1.29 is 19.5 Å². The van der Waals surface area contributed by atoms with Gasteiger partial charge in [0.25, 0.3) is 5.91 Å². The molecular weight excluding hydrogens is 375 g/mol. The van der Waals surface area contributed by atoms with Gasteiger partial charge in [0.2, 0.25) is 0 Å². The molecule has 0 aliphatic carbocycles. The van der Waals surface area contributed by atoms with Crippen molar-refractivity contribution in [3.05, 3.63) is 70.2 Å². The van der Waals surface area contributed by atoms with Crippen LogP contribution in [0.5, 0.6) is 5.75 Å². The Morgan fingerprint density at radius 2 is 2.03 bits per heavy atom. The highest BCUT2D eigenvalue weighted by molar-refractivity contribution is 6.08. The third-order valence-corrected chi connectivity index (χ3v) is 5.16. The van der Waals surface area contributed by atoms with Gasteiger partial charge in [-0.15, -0.1) is 0 Å². The van der Waals surface area contributed by atoms with Crippen molar-refractivity contribution in [3.63, 3.8) is 0 Å². The first-order chi connectivity index (χ1) is 13.9. The van der Waals surface area contributed by atoms with Gasteiger partial charge in [-0.25, -0.2) is 4.39 Å². The van der Waals surface area contributed by atoms with Gasteiger partial charge in [-0.3, -0.25) is 9.78 Å². The minimum Gasteiger partial charge on any atom is -0.505 e. The van der Waals surface area contributed by atoms with E-state index in [-0.39, 0.29) is 40.8 Å². The second-order valence-corrected chi connectivity index (χ2v) is 7.15. The Morgan fingerprint density at radius 1 is 1.31 bits per heavy atom. The van der Waals surface area contributed by atoms with Gasteiger partial charge in [0, 0.05) is 31.6 Å². The van der Waals surface area contributed by atoms with E-state index in [0.29, 0.717) is 29.5 Å². The molecule has 0 atom stereocenters. The molecule has 0 fully saturated rings. The molecule has 7 nitrogen and oxygen atoms in total. The van der Waals surface area contributed by atoms with Gasteiger partial charge >= 0.3 is 0 Å². The maximum absolute atomic E-state index is 13.2. The van der Waals surface area contributed by atoms with Gasteiger partial charge in [-0.2, -0.15) is 0 Å². The first-order valence-electron chi connectivity index (χ1n) is 9.00. The average Bonchev–Trinajstić information content (AvgIpc) is 3.01. The molecule has 1 aliphatic rings. The molecule has 0 bridgehead atoms. The summed E-state index contributed by atoms with van der Waals surface area (Å²) in [5.74, 6) is -0.774. The lowest BCUT2D eigenvalue weighted by atomic mass is 9.93. The number of nitrogens with zero attached hydrogens (tertiary/aromatic N) is 3. The molecule has 0 spiro atoms. The third kappa shape index (κ3) is 3.22. The smallest absolute Gasteiger partial charge is 0.258 e. The van der Waals surface area contributed by atoms with Crippen LogP contribution in [0.2, 0.25) is 0 Å². The van der Waals surface area contributed by atoms with E-state index in [4.69, 9.17) is 10.9 Å². The molecule has 29 heavy (non-hydrogen) atoms. The molecule has 0 unspecified atom stereocenters. The molecular formula is C21H19FN4O3. The molecule has 2 aromatic carbocycles. The van der Waals surface area contributed by atoms with Gasteiger partial charge in [-0.1, -0.05) is 17.3 Å². The molecule has 1 aromatic heterocycles. The standard InChI is InChI=1S/C21H19FN4O3/c1-26-10-16-14(8-17(23)25-29)15-7-12(6-11-2-4-13(22)5-3-11)9-24-19(15)20(27)18(16)21(26)28/h2-5,7,9,27,29H,6,8,10H2,1H3,(H2,23,25). The summed E-state index contributed by atoms with van der Waals surface area (Å²) in [7, 11) is 1.65. The minimum atomic E-state index is -0.305. The van der Waals surface area contributed by atoms with Crippen LogP contribution in [0.15, 0.2) is 41.7 Å². The first kappa shape index (κ1) is 18.7. The Balaban J connectivity index is 1.89. The topological polar surface area (TPSA) is 112 Å². The van der Waals surface area contributed by atoms with E-state index < -0.39 is 0 Å². The van der Waals surface area contributed by atoms with Crippen LogP contribution >= 0.6 is 0 Å². The lowest BCUT2D eigenvalue weighted by Crippen LogP contribution is -2.17. The fraction of sp³-hybridized carbons (Fsp3) is 0.190. The Morgan fingerprint density at radius 3 is 2.72 bits per heavy atom. The summed E-state index contributed by atoms with van der Waals surface area (Å²) in [5.41, 5.74) is 9.35. The number of phenolic OH excluding ortho intramolecular Hbond substituents is 1. The van der Waals surface area contributed by atoms with Gasteiger partial charge in [-0.05, 0) is 46.9 Å². The number of carbonyl (C=O) groups is 1. The highest BCUT2D eigenvalue weighted by atomic mass is 19.1. The number of halogens is 1. The number of benzene rings is 2. The third-order valence-electron chi connectivity index (χ3n) is 5.16. The number of amidine groups is 1. The van der Waals surface area contributed by atoms with Crippen LogP contribution in [0.25, 0.3) is 10.9 Å². The number of pyridine rings is 1. The highest BCUT2D eigenvalue weighted by Crippen LogP contribution is 2.39. The van der Waals surface area contributed by atoms with E-state index in [2.05, 4.69) is 10.1 Å². The number of nitrogens with two attached hydrogens (primary N) is 1. The Labute approximate surface area is 165 Å². The number of aromatic hydroxyl groups is 1. The average molecular weight is 394 g/mol. The zero-order valence-electron chi connectivity index (χ0n) is 15.7. The van der Waals surface area contributed by atoms with Crippen LogP contribution in [0.1, 0.15) is 32.6 Å². The number of amides is 1. The number of fused-ring (bicyclic) bond motifs is 2. The molecule has 0 radical (unpaired) electrons. The van der Waals surface area contributed by atoms with Gasteiger partial charge in [0.05, 0.1) is 5.56 Å². The Hall–Kier alpha value is -3.68. The molecule has 1 amide bonds. The van der Waals surface area contributed by atoms with Crippen molar-refractivity contribution in [1.82, 2.24) is 9.88 Å². The number of aromatic nitrogens is 1. The summed E-state index contributed by atoms with van der Waals surface area (Å²) in [4.78, 5) is 18.4. The van der Waals surface area contributed by atoms with E-state index in [1.54, 1.807) is 25.4 Å². The van der Waals surface area contributed by atoms with Crippen LogP contribution in [-0.4, -0.2) is 39.0 Å². The summed E-state index contributed by atoms with van der Waals surface area (Å²) < 4.78 is 13.2. The van der Waals surface area contributed by atoms with Crippen LogP contribution in [-0.2, 0) is 19.4 Å². The summed E-state index contributed by atoms with van der Waals surface area (Å²) >= 11 is 0. The quantitative estimate of drug-likeness (QED) is 0.272. The van der Waals surface area contributed by atoms with Crippen molar-refractivity contribution in [3.8, 4) is 5.75 Å². The Kier molecular flexibility index (Phi) is 4.54. The zero-order valence-corrected chi connectivity index (χ0v) is 15.7. The van der Waals surface area contributed by atoms with Crippen molar-refractivity contribution in [2.45, 2.75) is 19.4 Å². The molecule has 4 rings (SSSR count). The molecule has 3 aromatic rings. The van der Waals surface area contributed by atoms with E-state index in [0.717, 1.165) is 11.1 Å². The van der Waals surface area contributed by atoms with Crippen molar-refractivity contribution in [1.29, 1.82) is 0 Å². The fourth-order valence-corrected chi connectivity index (χ4v) is 3.76. The maximum Gasteiger partial charge on any atom is 0.258 e. The summed E-state index contributed by atoms with van der Waals surface area (Å²) in [6, 6.07) is 8.06. The number of carbonyl (C=O) groups excluding carboxylic acids is 1. The Bertz CT molecular complexity index is 1160. The lowest BCUT2D eigenvalue weighted by molar-refractivity contribution is 0.0814. The minimum absolute atomic E-state index is 0.00914. The van der Waals surface area contributed by atoms with E-state index in [9.17, 15) is 14.3 Å². The second kappa shape index (κ2) is 7.05. The normalized spacial score (nSPS) is 13.9. The van der Waals surface area contributed by atoms with Gasteiger partial charge < -0.3 is 20.9 Å². The molecule has 8 heteroatoms. The molecule has 0 saturated carbocycles. The van der Waals surface area contributed by atoms with Gasteiger partial charge in [0.15, 0.2) is 5.75 Å². The molecule has 148 valence electrons. The summed E-state index contributed by atoms with van der Waals surface area (Å²) in [5, 5.41) is 23.4. The summed E-state index contributed by atoms with van der Waals surface area (Å²) in [6.45, 7) is 0.313. The van der Waals surface area contributed by atoms with E-state index in [1.807, 2.05) is 6.07 Å². The molecule has 0 saturated heterocycles. The van der Waals surface area contributed by atoms with Gasteiger partial charge in [0.1, 0.15) is 17.2 Å². The molecule has 2 heterocycles. The molecule has 1 aliphatic heterocycles. The number of hydrogen-bond donors (Lipinski definition) is 3. The summed E-state index contributed by atoms with van der Waals surface area (Å²) in [6.07, 6.45) is 2.25. The number of oxime groups is 1. The van der Waals surface area contributed by atoms with Crippen LogP contribution < -0.4 is 5.73 Å². The van der Waals surface area contributed by atoms with Crippen LogP contribution in [0.4, 0.5) is 4.39 Å². The van der Waals surface area contributed by atoms with Crippen LogP contribution in [0.3, 0.4) is 0 Å². The number of phenols is 1. The largest absolute Gasteiger partial charge is 0.505 e. The highest BCUT2D eigenvalue weighted by Gasteiger charge is 2.33. The van der Waals surface area contributed by atoms with E-state index in [1.165, 1.54) is 17.0 Å². The predicted octanol–water partition coefficient (Wildman–Crippen LogP) is 2.54. The maximum atomic E-state index is 13.2. The number of hydrogen-bond acceptors (Lipinski definition) is 5. The van der Waals surface area contributed by atoms with Crippen molar-refractivity contribution >= 4 is 22.6 Å². The van der Waals surface area contributed by atoms with Crippen molar-refractivity contribution in [2.24, 2.45) is 10.9 Å². The van der Waals surface area contributed by atoms with E-state index >= 15 is 0 Å². The fourth-order valence-electron chi connectivity index (χ4n) is 3.76. The predicted molar refractivity (Wildman–Crippen MR) is 106 cm³/mol. The number of rotatable bonds is 4. The monoisotopic (exact) mass is 394 g/mol. The second-order valence-electron chi connectivity index (χ2n) is 7.15. The lowest BCUT2D eigenvalue weighted by Gasteiger charge is -2.14. The first-order valence-corrected chi connectivity index (χ1v) is 9.00. The van der Waals surface area contributed by atoms with Crippen LogP contribution in [0, 0.1) is 5.82 Å². The molecule has 4 N–H and O–H groups in total.